The molecule has 1 atom stereocenters. The molecule has 1 nitrogen and oxygen atoms in total. The first-order valence-corrected chi connectivity index (χ1v) is 7.90. The molecule has 0 bridgehead atoms. The molecule has 0 fully saturated rings. The number of hydrogen-bond donors (Lipinski definition) is 0. The quantitative estimate of drug-likeness (QED) is 0.680. The number of benzene rings is 2. The molecule has 1 aliphatic carbocycles. The summed E-state index contributed by atoms with van der Waals surface area (Å²) in [5.41, 5.74) is 4.19. The van der Waals surface area contributed by atoms with Gasteiger partial charge in [0.05, 0.1) is 7.11 Å². The Bertz CT molecular complexity index is 650. The van der Waals surface area contributed by atoms with E-state index >= 15 is 0 Å². The number of hydrogen-bond acceptors (Lipinski definition) is 1. The largest absolute Gasteiger partial charge is 0.497 e. The van der Waals surface area contributed by atoms with E-state index in [4.69, 9.17) is 4.74 Å². The zero-order valence-electron chi connectivity index (χ0n) is 13.0. The van der Waals surface area contributed by atoms with Crippen LogP contribution in [-0.2, 0) is 6.42 Å². The summed E-state index contributed by atoms with van der Waals surface area (Å²) in [7, 11) is 1.70. The van der Waals surface area contributed by atoms with Gasteiger partial charge >= 0.3 is 0 Å². The zero-order valence-corrected chi connectivity index (χ0v) is 13.0. The lowest BCUT2D eigenvalue weighted by atomic mass is 9.93. The third-order valence-corrected chi connectivity index (χ3v) is 4.25. The lowest BCUT2D eigenvalue weighted by Gasteiger charge is -2.12. The third-order valence-electron chi connectivity index (χ3n) is 4.25. The highest BCUT2D eigenvalue weighted by Gasteiger charge is 2.15. The van der Waals surface area contributed by atoms with Crippen LogP contribution in [0.25, 0.3) is 6.08 Å². The van der Waals surface area contributed by atoms with E-state index < -0.39 is 0 Å². The lowest BCUT2D eigenvalue weighted by molar-refractivity contribution is 0.415. The van der Waals surface area contributed by atoms with Gasteiger partial charge in [-0.2, -0.15) is 0 Å². The van der Waals surface area contributed by atoms with E-state index in [1.165, 1.54) is 23.1 Å². The molecular formula is C21H22O. The summed E-state index contributed by atoms with van der Waals surface area (Å²) < 4.78 is 5.21. The molecule has 0 aliphatic heterocycles. The van der Waals surface area contributed by atoms with Crippen LogP contribution >= 0.6 is 0 Å². The number of aryl methyl sites for hydroxylation is 1. The third kappa shape index (κ3) is 3.67. The molecule has 2 aromatic rings. The first-order valence-electron chi connectivity index (χ1n) is 7.90. The van der Waals surface area contributed by atoms with Gasteiger partial charge in [-0.1, -0.05) is 66.3 Å². The second kappa shape index (κ2) is 7.13. The average Bonchev–Trinajstić information content (AvgIpc) is 3.02. The molecule has 112 valence electrons. The van der Waals surface area contributed by atoms with Crippen LogP contribution in [0.3, 0.4) is 0 Å². The summed E-state index contributed by atoms with van der Waals surface area (Å²) >= 11 is 0. The topological polar surface area (TPSA) is 9.23 Å². The monoisotopic (exact) mass is 290 g/mol. The van der Waals surface area contributed by atoms with Gasteiger partial charge in [0.15, 0.2) is 0 Å². The van der Waals surface area contributed by atoms with E-state index in [0.717, 1.165) is 18.6 Å². The van der Waals surface area contributed by atoms with E-state index in [0.29, 0.717) is 5.92 Å². The minimum absolute atomic E-state index is 0.572. The van der Waals surface area contributed by atoms with Crippen molar-refractivity contribution in [1.29, 1.82) is 0 Å². The second-order valence-corrected chi connectivity index (χ2v) is 5.76. The molecule has 1 heteroatoms. The van der Waals surface area contributed by atoms with Crippen LogP contribution in [0.1, 0.15) is 24.0 Å². The number of methoxy groups -OCH3 is 1. The molecular weight excluding hydrogens is 268 g/mol. The Labute approximate surface area is 133 Å². The van der Waals surface area contributed by atoms with Crippen molar-refractivity contribution < 1.29 is 4.74 Å². The van der Waals surface area contributed by atoms with Crippen molar-refractivity contribution >= 4 is 6.08 Å². The molecule has 0 aromatic heterocycles. The van der Waals surface area contributed by atoms with Gasteiger partial charge in [0.1, 0.15) is 5.75 Å². The van der Waals surface area contributed by atoms with Gasteiger partial charge < -0.3 is 4.74 Å². The van der Waals surface area contributed by atoms with E-state index in [9.17, 15) is 0 Å². The molecule has 1 aliphatic rings. The van der Waals surface area contributed by atoms with Crippen LogP contribution < -0.4 is 4.74 Å². The lowest BCUT2D eigenvalue weighted by Crippen LogP contribution is -1.99. The van der Waals surface area contributed by atoms with Gasteiger partial charge in [-0.25, -0.2) is 0 Å². The number of rotatable bonds is 5. The van der Waals surface area contributed by atoms with Gasteiger partial charge in [-0.15, -0.1) is 0 Å². The Kier molecular flexibility index (Phi) is 4.75. The Hall–Kier alpha value is -2.28. The Balaban J connectivity index is 1.66. The highest BCUT2D eigenvalue weighted by molar-refractivity contribution is 5.56. The highest BCUT2D eigenvalue weighted by Crippen LogP contribution is 2.30. The van der Waals surface area contributed by atoms with Crippen molar-refractivity contribution in [1.82, 2.24) is 0 Å². The molecule has 0 heterocycles. The fourth-order valence-electron chi connectivity index (χ4n) is 2.97. The molecule has 0 radical (unpaired) electrons. The maximum atomic E-state index is 5.21. The van der Waals surface area contributed by atoms with Crippen LogP contribution in [0.5, 0.6) is 5.75 Å². The average molecular weight is 290 g/mol. The van der Waals surface area contributed by atoms with E-state index in [1.54, 1.807) is 7.11 Å². The summed E-state index contributed by atoms with van der Waals surface area (Å²) in [4.78, 5) is 0. The van der Waals surface area contributed by atoms with Crippen molar-refractivity contribution in [2.45, 2.75) is 19.3 Å². The molecule has 3 rings (SSSR count). The molecule has 0 amide bonds. The van der Waals surface area contributed by atoms with Crippen LogP contribution in [-0.4, -0.2) is 7.11 Å². The maximum Gasteiger partial charge on any atom is 0.118 e. The van der Waals surface area contributed by atoms with Crippen molar-refractivity contribution in [2.75, 3.05) is 7.11 Å². The number of allylic oxidation sites excluding steroid dienone is 3. The predicted octanol–water partition coefficient (Wildman–Crippen LogP) is 5.29. The fraction of sp³-hybridized carbons (Fsp3) is 0.238. The summed E-state index contributed by atoms with van der Waals surface area (Å²) in [6.45, 7) is 0. The van der Waals surface area contributed by atoms with Crippen molar-refractivity contribution in [3.63, 3.8) is 0 Å². The molecule has 0 saturated heterocycles. The summed E-state index contributed by atoms with van der Waals surface area (Å²) in [5.74, 6) is 1.48. The summed E-state index contributed by atoms with van der Waals surface area (Å²) in [5, 5.41) is 0. The van der Waals surface area contributed by atoms with Gasteiger partial charge in [0.25, 0.3) is 0 Å². The molecule has 22 heavy (non-hydrogen) atoms. The van der Waals surface area contributed by atoms with Crippen LogP contribution in [0, 0.1) is 5.92 Å². The predicted molar refractivity (Wildman–Crippen MR) is 93.0 cm³/mol. The first kappa shape index (κ1) is 14.6. The Morgan fingerprint density at radius 3 is 2.55 bits per heavy atom. The molecule has 0 spiro atoms. The van der Waals surface area contributed by atoms with Gasteiger partial charge in [-0.3, -0.25) is 0 Å². The molecule has 0 saturated carbocycles. The van der Waals surface area contributed by atoms with Gasteiger partial charge in [-0.05, 0) is 48.4 Å². The minimum atomic E-state index is 0.572. The minimum Gasteiger partial charge on any atom is -0.497 e. The van der Waals surface area contributed by atoms with Crippen molar-refractivity contribution in [3.05, 3.63) is 83.4 Å². The van der Waals surface area contributed by atoms with Crippen LogP contribution in [0.2, 0.25) is 0 Å². The van der Waals surface area contributed by atoms with Gasteiger partial charge in [0.2, 0.25) is 0 Å². The van der Waals surface area contributed by atoms with Crippen LogP contribution in [0.15, 0.2) is 72.3 Å². The normalized spacial score (nSPS) is 18.8. The highest BCUT2D eigenvalue weighted by atomic mass is 16.5. The zero-order chi connectivity index (χ0) is 15.2. The molecule has 0 unspecified atom stereocenters. The summed E-state index contributed by atoms with van der Waals surface area (Å²) in [6, 6.07) is 19.0. The van der Waals surface area contributed by atoms with E-state index in [-0.39, 0.29) is 0 Å². The Morgan fingerprint density at radius 1 is 1.05 bits per heavy atom. The fourth-order valence-corrected chi connectivity index (χ4v) is 2.97. The first-order chi connectivity index (χ1) is 10.8. The number of ether oxygens (including phenoxy) is 1. The van der Waals surface area contributed by atoms with Crippen molar-refractivity contribution in [3.8, 4) is 5.75 Å². The standard InChI is InChI=1S/C21H22O/c1-22-21-14-11-18(12-15-21)16-20-9-5-8-19(20)13-10-17-6-3-2-4-7-17/h2-8,11-12,14-16,19H,9-10,13H2,1H3/b20-16-/t19-/m0/s1. The van der Waals surface area contributed by atoms with Crippen molar-refractivity contribution in [2.24, 2.45) is 5.92 Å². The smallest absolute Gasteiger partial charge is 0.118 e. The SMILES string of the molecule is COc1ccc(/C=C2/CC=C[C@H]2CCc2ccccc2)cc1. The van der Waals surface area contributed by atoms with Gasteiger partial charge in [0, 0.05) is 0 Å². The Morgan fingerprint density at radius 2 is 1.82 bits per heavy atom. The maximum absolute atomic E-state index is 5.21. The molecule has 0 N–H and O–H groups in total. The van der Waals surface area contributed by atoms with Crippen LogP contribution in [0.4, 0.5) is 0 Å². The van der Waals surface area contributed by atoms with E-state index in [2.05, 4.69) is 60.7 Å². The molecule has 2 aromatic carbocycles. The summed E-state index contributed by atoms with van der Waals surface area (Å²) in [6.07, 6.45) is 10.4. The van der Waals surface area contributed by atoms with E-state index in [1.807, 2.05) is 12.1 Å². The second-order valence-electron chi connectivity index (χ2n) is 5.76.